The molecule has 0 N–H and O–H groups in total. The molecule has 6 heteroatoms. The summed E-state index contributed by atoms with van der Waals surface area (Å²) in [6.45, 7) is 11.9. The Kier molecular flexibility index (Phi) is 4.58. The van der Waals surface area contributed by atoms with Gasteiger partial charge in [-0.15, -0.1) is 0 Å². The van der Waals surface area contributed by atoms with Crippen LogP contribution < -0.4 is 0 Å². The van der Waals surface area contributed by atoms with Crippen LogP contribution in [0.25, 0.3) is 0 Å². The Balaban J connectivity index is 1.98. The third-order valence-electron chi connectivity index (χ3n) is 3.92. The number of carbonyl (C=O) groups is 2. The minimum Gasteiger partial charge on any atom is -0.444 e. The van der Waals surface area contributed by atoms with Gasteiger partial charge in [-0.3, -0.25) is 9.59 Å². The number of piperazine rings is 1. The van der Waals surface area contributed by atoms with E-state index in [1.54, 1.807) is 16.7 Å². The molecule has 1 aromatic heterocycles. The molecule has 1 aliphatic heterocycles. The van der Waals surface area contributed by atoms with Crippen LogP contribution in [0.4, 0.5) is 0 Å². The fraction of sp³-hybridized carbons (Fsp3) is 0.688. The highest BCUT2D eigenvalue weighted by molar-refractivity contribution is 5.79. The van der Waals surface area contributed by atoms with E-state index in [1.807, 2.05) is 27.7 Å². The molecule has 0 aromatic carbocycles. The Labute approximate surface area is 131 Å². The number of aryl methyl sites for hydroxylation is 1. The molecule has 2 heterocycles. The second kappa shape index (κ2) is 6.10. The summed E-state index contributed by atoms with van der Waals surface area (Å²) in [7, 11) is 0. The largest absolute Gasteiger partial charge is 0.444 e. The van der Waals surface area contributed by atoms with Gasteiger partial charge in [-0.1, -0.05) is 20.8 Å². The Morgan fingerprint density at radius 2 is 1.68 bits per heavy atom. The lowest BCUT2D eigenvalue weighted by molar-refractivity contribution is -0.138. The summed E-state index contributed by atoms with van der Waals surface area (Å²) in [6, 6.07) is 0. The van der Waals surface area contributed by atoms with Gasteiger partial charge in [-0.2, -0.15) is 0 Å². The van der Waals surface area contributed by atoms with Gasteiger partial charge in [0, 0.05) is 38.5 Å². The van der Waals surface area contributed by atoms with E-state index in [0.717, 1.165) is 5.69 Å². The predicted molar refractivity (Wildman–Crippen MR) is 82.5 cm³/mol. The summed E-state index contributed by atoms with van der Waals surface area (Å²) in [5, 5.41) is 0. The highest BCUT2D eigenvalue weighted by Crippen LogP contribution is 2.24. The van der Waals surface area contributed by atoms with Crippen LogP contribution in [0.15, 0.2) is 4.42 Å². The summed E-state index contributed by atoms with van der Waals surface area (Å²) < 4.78 is 5.78. The third-order valence-corrected chi connectivity index (χ3v) is 3.92. The molecule has 0 unspecified atom stereocenters. The first-order valence-corrected chi connectivity index (χ1v) is 7.68. The second-order valence-corrected chi connectivity index (χ2v) is 6.84. The fourth-order valence-electron chi connectivity index (χ4n) is 2.43. The number of carbonyl (C=O) groups excluding carboxylic acids is 2. The molecule has 1 fully saturated rings. The van der Waals surface area contributed by atoms with Gasteiger partial charge in [0.05, 0.1) is 12.1 Å². The predicted octanol–water partition coefficient (Wildman–Crippen LogP) is 1.51. The Morgan fingerprint density at radius 3 is 2.14 bits per heavy atom. The van der Waals surface area contributed by atoms with Crippen molar-refractivity contribution in [2.24, 2.45) is 0 Å². The molecule has 0 bridgehead atoms. The molecular formula is C16H25N3O3. The van der Waals surface area contributed by atoms with Crippen LogP contribution in [0.1, 0.15) is 45.0 Å². The topological polar surface area (TPSA) is 66.7 Å². The Bertz CT molecular complexity index is 564. The molecule has 1 aromatic rings. The van der Waals surface area contributed by atoms with Crippen molar-refractivity contribution in [3.05, 3.63) is 17.3 Å². The number of rotatable bonds is 2. The molecule has 122 valence electrons. The van der Waals surface area contributed by atoms with Gasteiger partial charge in [-0.05, 0) is 6.92 Å². The maximum Gasteiger partial charge on any atom is 0.230 e. The average molecular weight is 307 g/mol. The number of hydrogen-bond donors (Lipinski definition) is 0. The van der Waals surface area contributed by atoms with Crippen LogP contribution in [0.3, 0.4) is 0 Å². The van der Waals surface area contributed by atoms with Gasteiger partial charge in [-0.25, -0.2) is 4.98 Å². The number of nitrogens with zero attached hydrogens (tertiary/aromatic N) is 3. The standard InChI is InChI=1S/C16H25N3O3/c1-11-13(22-15(17-11)16(3,4)5)10-14(21)19-8-6-18(7-9-19)12(2)20/h6-10H2,1-5H3. The van der Waals surface area contributed by atoms with Crippen LogP contribution in [-0.4, -0.2) is 52.8 Å². The number of amides is 2. The van der Waals surface area contributed by atoms with E-state index >= 15 is 0 Å². The summed E-state index contributed by atoms with van der Waals surface area (Å²) in [5.74, 6) is 1.40. The number of hydrogen-bond acceptors (Lipinski definition) is 4. The highest BCUT2D eigenvalue weighted by Gasteiger charge is 2.26. The van der Waals surface area contributed by atoms with Crippen LogP contribution in [0, 0.1) is 6.92 Å². The van der Waals surface area contributed by atoms with Gasteiger partial charge < -0.3 is 14.2 Å². The molecule has 0 spiro atoms. The molecule has 2 rings (SSSR count). The number of aromatic nitrogens is 1. The Hall–Kier alpha value is -1.85. The van der Waals surface area contributed by atoms with E-state index < -0.39 is 0 Å². The first-order chi connectivity index (χ1) is 10.2. The van der Waals surface area contributed by atoms with E-state index in [0.29, 0.717) is 37.8 Å². The SMILES string of the molecule is CC(=O)N1CCN(C(=O)Cc2oc(C(C)(C)C)nc2C)CC1. The molecule has 1 saturated heterocycles. The minimum absolute atomic E-state index is 0.0305. The van der Waals surface area contributed by atoms with Crippen molar-refractivity contribution < 1.29 is 14.0 Å². The molecular weight excluding hydrogens is 282 g/mol. The van der Waals surface area contributed by atoms with Gasteiger partial charge in [0.25, 0.3) is 0 Å². The van der Waals surface area contributed by atoms with Crippen molar-refractivity contribution in [1.29, 1.82) is 0 Å². The van der Waals surface area contributed by atoms with Gasteiger partial charge >= 0.3 is 0 Å². The van der Waals surface area contributed by atoms with E-state index in [4.69, 9.17) is 4.42 Å². The second-order valence-electron chi connectivity index (χ2n) is 6.84. The van der Waals surface area contributed by atoms with Crippen molar-refractivity contribution in [2.75, 3.05) is 26.2 Å². The first kappa shape index (κ1) is 16.5. The molecule has 2 amide bonds. The fourth-order valence-corrected chi connectivity index (χ4v) is 2.43. The quantitative estimate of drug-likeness (QED) is 0.831. The maximum atomic E-state index is 12.4. The summed E-state index contributed by atoms with van der Waals surface area (Å²) >= 11 is 0. The van der Waals surface area contributed by atoms with Crippen molar-refractivity contribution in [3.8, 4) is 0 Å². The molecule has 0 aliphatic carbocycles. The summed E-state index contributed by atoms with van der Waals surface area (Å²) in [4.78, 5) is 31.7. The molecule has 22 heavy (non-hydrogen) atoms. The average Bonchev–Trinajstić information content (AvgIpc) is 2.80. The molecule has 0 atom stereocenters. The van der Waals surface area contributed by atoms with Gasteiger partial charge in [0.1, 0.15) is 5.76 Å². The van der Waals surface area contributed by atoms with E-state index in [-0.39, 0.29) is 23.7 Å². The van der Waals surface area contributed by atoms with E-state index in [2.05, 4.69) is 4.98 Å². The van der Waals surface area contributed by atoms with E-state index in [9.17, 15) is 9.59 Å². The normalized spacial score (nSPS) is 16.0. The van der Waals surface area contributed by atoms with Crippen molar-refractivity contribution in [3.63, 3.8) is 0 Å². The minimum atomic E-state index is -0.167. The Morgan fingerprint density at radius 1 is 1.14 bits per heavy atom. The molecule has 1 aliphatic rings. The molecule has 0 radical (unpaired) electrons. The van der Waals surface area contributed by atoms with Crippen LogP contribution in [0.5, 0.6) is 0 Å². The van der Waals surface area contributed by atoms with Crippen molar-refractivity contribution in [2.45, 2.75) is 46.5 Å². The van der Waals surface area contributed by atoms with Crippen LogP contribution in [0.2, 0.25) is 0 Å². The van der Waals surface area contributed by atoms with Gasteiger partial charge in [0.15, 0.2) is 5.89 Å². The van der Waals surface area contributed by atoms with Crippen LogP contribution >= 0.6 is 0 Å². The van der Waals surface area contributed by atoms with Crippen molar-refractivity contribution >= 4 is 11.8 Å². The third kappa shape index (κ3) is 3.67. The van der Waals surface area contributed by atoms with Crippen molar-refractivity contribution in [1.82, 2.24) is 14.8 Å². The summed E-state index contributed by atoms with van der Waals surface area (Å²) in [6.07, 6.45) is 0.231. The van der Waals surface area contributed by atoms with Crippen LogP contribution in [-0.2, 0) is 21.4 Å². The summed E-state index contributed by atoms with van der Waals surface area (Å²) in [5.41, 5.74) is 0.611. The van der Waals surface area contributed by atoms with Gasteiger partial charge in [0.2, 0.25) is 11.8 Å². The lowest BCUT2D eigenvalue weighted by atomic mass is 9.97. The highest BCUT2D eigenvalue weighted by atomic mass is 16.4. The molecule has 0 saturated carbocycles. The number of oxazole rings is 1. The zero-order valence-corrected chi connectivity index (χ0v) is 14.1. The van der Waals surface area contributed by atoms with E-state index in [1.165, 1.54) is 0 Å². The maximum absolute atomic E-state index is 12.4. The first-order valence-electron chi connectivity index (χ1n) is 7.68. The smallest absolute Gasteiger partial charge is 0.230 e. The lowest BCUT2D eigenvalue weighted by Crippen LogP contribution is -2.50. The molecule has 6 nitrogen and oxygen atoms in total. The lowest BCUT2D eigenvalue weighted by Gasteiger charge is -2.34. The zero-order valence-electron chi connectivity index (χ0n) is 14.1. The monoisotopic (exact) mass is 307 g/mol. The zero-order chi connectivity index (χ0) is 16.5.